The molecule has 0 saturated heterocycles. The molecule has 0 spiro atoms. The average Bonchev–Trinajstić information content (AvgIpc) is 3.04. The van der Waals surface area contributed by atoms with Crippen molar-refractivity contribution in [3.63, 3.8) is 0 Å². The first-order chi connectivity index (χ1) is 12.9. The molecule has 0 aliphatic heterocycles. The van der Waals surface area contributed by atoms with E-state index in [4.69, 9.17) is 5.26 Å². The molecule has 0 radical (unpaired) electrons. The largest absolute Gasteiger partial charge is 0.285 e. The van der Waals surface area contributed by atoms with Crippen molar-refractivity contribution < 1.29 is 13.2 Å². The van der Waals surface area contributed by atoms with Crippen molar-refractivity contribution in [1.82, 2.24) is 14.5 Å². The maximum absolute atomic E-state index is 12.4. The van der Waals surface area contributed by atoms with Gasteiger partial charge in [0.2, 0.25) is 10.0 Å². The second-order valence-corrected chi connectivity index (χ2v) is 7.62. The summed E-state index contributed by atoms with van der Waals surface area (Å²) >= 11 is 0. The molecule has 27 heavy (non-hydrogen) atoms. The number of benzene rings is 2. The van der Waals surface area contributed by atoms with Crippen LogP contribution in [0, 0.1) is 18.3 Å². The molecular weight excluding hydrogens is 364 g/mol. The molecule has 0 unspecified atom stereocenters. The van der Waals surface area contributed by atoms with Gasteiger partial charge in [-0.3, -0.25) is 4.79 Å². The molecule has 0 atom stereocenters. The number of nitrogens with zero attached hydrogens (tertiary/aromatic N) is 3. The van der Waals surface area contributed by atoms with E-state index in [1.807, 2.05) is 41.1 Å². The van der Waals surface area contributed by atoms with Crippen molar-refractivity contribution >= 4 is 15.9 Å². The lowest BCUT2D eigenvalue weighted by molar-refractivity contribution is 0.0975. The van der Waals surface area contributed by atoms with Crippen LogP contribution in [0.4, 0.5) is 0 Å². The van der Waals surface area contributed by atoms with Crippen LogP contribution in [0.3, 0.4) is 0 Å². The number of nitrogens with one attached hydrogen (secondary N) is 1. The predicted octanol–water partition coefficient (Wildman–Crippen LogP) is 2.31. The molecule has 1 N–H and O–H groups in total. The second kappa shape index (κ2) is 7.43. The van der Waals surface area contributed by atoms with E-state index in [1.54, 1.807) is 25.3 Å². The highest BCUT2D eigenvalue weighted by Crippen LogP contribution is 2.14. The number of sulfonamides is 1. The van der Waals surface area contributed by atoms with Crippen LogP contribution in [0.1, 0.15) is 27.2 Å². The van der Waals surface area contributed by atoms with E-state index in [0.29, 0.717) is 11.1 Å². The number of aryl methyl sites for hydroxylation is 1. The van der Waals surface area contributed by atoms with Gasteiger partial charge in [0.05, 0.1) is 23.1 Å². The lowest BCUT2D eigenvalue weighted by atomic mass is 10.1. The Balaban J connectivity index is 1.81. The molecule has 3 aromatic rings. The number of nitriles is 1. The fourth-order valence-electron chi connectivity index (χ4n) is 2.58. The molecule has 136 valence electrons. The second-order valence-electron chi connectivity index (χ2n) is 5.90. The molecule has 0 saturated carbocycles. The van der Waals surface area contributed by atoms with Crippen molar-refractivity contribution in [3.05, 3.63) is 83.2 Å². The van der Waals surface area contributed by atoms with Crippen molar-refractivity contribution in [3.8, 4) is 11.8 Å². The summed E-state index contributed by atoms with van der Waals surface area (Å²) < 4.78 is 28.3. The van der Waals surface area contributed by atoms with E-state index in [1.165, 1.54) is 16.8 Å². The topological polar surface area (TPSA) is 105 Å². The van der Waals surface area contributed by atoms with E-state index < -0.39 is 21.7 Å². The van der Waals surface area contributed by atoms with Crippen LogP contribution in [0.5, 0.6) is 0 Å². The zero-order valence-electron chi connectivity index (χ0n) is 14.5. The highest BCUT2D eigenvalue weighted by Gasteiger charge is 2.22. The van der Waals surface area contributed by atoms with Crippen LogP contribution in [-0.4, -0.2) is 24.1 Å². The monoisotopic (exact) mass is 380 g/mol. The van der Waals surface area contributed by atoms with Crippen LogP contribution in [0.2, 0.25) is 0 Å². The lowest BCUT2D eigenvalue weighted by Crippen LogP contribution is -2.32. The molecule has 3 rings (SSSR count). The van der Waals surface area contributed by atoms with Gasteiger partial charge in [0, 0.05) is 11.8 Å². The molecule has 0 fully saturated rings. The summed E-state index contributed by atoms with van der Waals surface area (Å²) in [5.41, 5.74) is 1.90. The summed E-state index contributed by atoms with van der Waals surface area (Å²) in [4.78, 5) is 12.4. The van der Waals surface area contributed by atoms with Crippen LogP contribution in [0.25, 0.3) is 5.69 Å². The van der Waals surface area contributed by atoms with Crippen LogP contribution in [0.15, 0.2) is 60.8 Å². The number of para-hydroxylation sites is 1. The Bertz CT molecular complexity index is 1130. The fourth-order valence-corrected chi connectivity index (χ4v) is 3.70. The summed E-state index contributed by atoms with van der Waals surface area (Å²) in [5.74, 6) is -1.28. The normalized spacial score (nSPS) is 11.0. The zero-order chi connectivity index (χ0) is 19.4. The molecule has 1 heterocycles. The molecule has 0 aliphatic rings. The first kappa shape index (κ1) is 18.4. The Hall–Kier alpha value is -3.44. The number of amides is 1. The van der Waals surface area contributed by atoms with E-state index in [9.17, 15) is 13.2 Å². The number of rotatable bonds is 5. The maximum atomic E-state index is 12.4. The van der Waals surface area contributed by atoms with Crippen molar-refractivity contribution in [2.45, 2.75) is 12.7 Å². The Kier molecular flexibility index (Phi) is 5.05. The molecule has 7 nitrogen and oxygen atoms in total. The van der Waals surface area contributed by atoms with E-state index in [-0.39, 0.29) is 11.3 Å². The summed E-state index contributed by atoms with van der Waals surface area (Å²) in [7, 11) is -3.99. The first-order valence-corrected chi connectivity index (χ1v) is 9.69. The minimum absolute atomic E-state index is 0.0241. The van der Waals surface area contributed by atoms with Gasteiger partial charge >= 0.3 is 0 Å². The SMILES string of the molecule is Cc1cn(-c2ccccc2)nc1C(=O)NS(=O)(=O)Cc1ccccc1C#N. The first-order valence-electron chi connectivity index (χ1n) is 8.04. The summed E-state index contributed by atoms with van der Waals surface area (Å²) in [6.45, 7) is 1.68. The summed E-state index contributed by atoms with van der Waals surface area (Å²) in [6.07, 6.45) is 1.65. The third-order valence-corrected chi connectivity index (χ3v) is 5.05. The number of hydrogen-bond donors (Lipinski definition) is 1. The van der Waals surface area contributed by atoms with Crippen LogP contribution >= 0.6 is 0 Å². The molecule has 2 aromatic carbocycles. The Labute approximate surface area is 156 Å². The molecular formula is C19H16N4O3S. The van der Waals surface area contributed by atoms with Gasteiger partial charge in [-0.2, -0.15) is 10.4 Å². The van der Waals surface area contributed by atoms with Gasteiger partial charge in [0.1, 0.15) is 0 Å². The quantitative estimate of drug-likeness (QED) is 0.731. The number of hydrogen-bond acceptors (Lipinski definition) is 5. The fraction of sp³-hybridized carbons (Fsp3) is 0.105. The summed E-state index contributed by atoms with van der Waals surface area (Å²) in [6, 6.07) is 17.5. The summed E-state index contributed by atoms with van der Waals surface area (Å²) in [5, 5.41) is 13.3. The zero-order valence-corrected chi connectivity index (χ0v) is 15.3. The minimum Gasteiger partial charge on any atom is -0.266 e. The Morgan fingerprint density at radius 3 is 2.52 bits per heavy atom. The van der Waals surface area contributed by atoms with Gasteiger partial charge in [-0.15, -0.1) is 0 Å². The van der Waals surface area contributed by atoms with Gasteiger partial charge in [-0.1, -0.05) is 36.4 Å². The van der Waals surface area contributed by atoms with E-state index >= 15 is 0 Å². The number of aromatic nitrogens is 2. The van der Waals surface area contributed by atoms with E-state index in [2.05, 4.69) is 5.10 Å². The van der Waals surface area contributed by atoms with E-state index in [0.717, 1.165) is 5.69 Å². The Morgan fingerprint density at radius 2 is 1.81 bits per heavy atom. The Morgan fingerprint density at radius 1 is 1.15 bits per heavy atom. The van der Waals surface area contributed by atoms with Crippen molar-refractivity contribution in [1.29, 1.82) is 5.26 Å². The molecule has 0 bridgehead atoms. The van der Waals surface area contributed by atoms with Crippen molar-refractivity contribution in [2.75, 3.05) is 0 Å². The molecule has 1 aromatic heterocycles. The average molecular weight is 380 g/mol. The third-order valence-electron chi connectivity index (χ3n) is 3.86. The van der Waals surface area contributed by atoms with Gasteiger partial charge < -0.3 is 0 Å². The molecule has 0 aliphatic carbocycles. The lowest BCUT2D eigenvalue weighted by Gasteiger charge is -2.07. The standard InChI is InChI=1S/C19H16N4O3S/c1-14-12-23(17-9-3-2-4-10-17)21-18(14)19(24)22-27(25,26)13-16-8-6-5-7-15(16)11-20/h2-10,12H,13H2,1H3,(H,22,24). The van der Waals surface area contributed by atoms with Gasteiger partial charge in [-0.05, 0) is 30.7 Å². The van der Waals surface area contributed by atoms with Gasteiger partial charge in [0.25, 0.3) is 5.91 Å². The molecule has 8 heteroatoms. The number of carbonyl (C=O) groups excluding carboxylic acids is 1. The van der Waals surface area contributed by atoms with Crippen LogP contribution < -0.4 is 4.72 Å². The van der Waals surface area contributed by atoms with Gasteiger partial charge in [0.15, 0.2) is 5.69 Å². The van der Waals surface area contributed by atoms with Gasteiger partial charge in [-0.25, -0.2) is 17.8 Å². The minimum atomic E-state index is -3.99. The molecule has 1 amide bonds. The smallest absolute Gasteiger partial charge is 0.266 e. The number of carbonyl (C=O) groups is 1. The van der Waals surface area contributed by atoms with Crippen LogP contribution in [-0.2, 0) is 15.8 Å². The predicted molar refractivity (Wildman–Crippen MR) is 99.5 cm³/mol. The maximum Gasteiger partial charge on any atom is 0.285 e. The van der Waals surface area contributed by atoms with Crippen molar-refractivity contribution in [2.24, 2.45) is 0 Å². The third kappa shape index (κ3) is 4.22. The highest BCUT2D eigenvalue weighted by molar-refractivity contribution is 7.89. The highest BCUT2D eigenvalue weighted by atomic mass is 32.2.